The molecule has 1 aliphatic carbocycles. The van der Waals surface area contributed by atoms with Crippen molar-refractivity contribution in [2.75, 3.05) is 6.61 Å². The number of aliphatic hydroxyl groups is 1. The maximum absolute atomic E-state index is 9.13. The largest absolute Gasteiger partial charge is 0.395 e. The van der Waals surface area contributed by atoms with Crippen LogP contribution in [0.2, 0.25) is 0 Å². The normalized spacial score (nSPS) is 19.0. The van der Waals surface area contributed by atoms with E-state index in [1.807, 2.05) is 6.92 Å². The molecular weight excluding hydrogens is 210 g/mol. The quantitative estimate of drug-likeness (QED) is 0.790. The molecule has 1 aromatic rings. The zero-order chi connectivity index (χ0) is 12.3. The second-order valence-electron chi connectivity index (χ2n) is 5.38. The monoisotopic (exact) mass is 233 g/mol. The molecule has 0 amide bonds. The van der Waals surface area contributed by atoms with E-state index >= 15 is 0 Å². The Hall–Kier alpha value is -0.860. The Bertz CT molecular complexity index is 342. The van der Waals surface area contributed by atoms with Crippen LogP contribution in [-0.4, -0.2) is 23.8 Å². The van der Waals surface area contributed by atoms with Gasteiger partial charge in [-0.15, -0.1) is 0 Å². The molecule has 2 heteroatoms. The minimum absolute atomic E-state index is 0.200. The van der Waals surface area contributed by atoms with Gasteiger partial charge in [-0.3, -0.25) is 0 Å². The van der Waals surface area contributed by atoms with Crippen molar-refractivity contribution in [1.82, 2.24) is 5.32 Å². The van der Waals surface area contributed by atoms with Gasteiger partial charge in [0, 0.05) is 12.1 Å². The van der Waals surface area contributed by atoms with Crippen LogP contribution < -0.4 is 5.32 Å². The van der Waals surface area contributed by atoms with E-state index in [0.717, 1.165) is 12.3 Å². The van der Waals surface area contributed by atoms with E-state index < -0.39 is 0 Å². The van der Waals surface area contributed by atoms with Gasteiger partial charge in [-0.1, -0.05) is 29.8 Å². The summed E-state index contributed by atoms with van der Waals surface area (Å²) in [6, 6.07) is 9.51. The molecular formula is C15H23NO. The summed E-state index contributed by atoms with van der Waals surface area (Å²) in [5.74, 6) is 0.810. The van der Waals surface area contributed by atoms with Crippen LogP contribution in [0, 0.1) is 12.8 Å². The van der Waals surface area contributed by atoms with Gasteiger partial charge in [0.05, 0.1) is 6.61 Å². The molecule has 0 heterocycles. The maximum Gasteiger partial charge on any atom is 0.0582 e. The Balaban J connectivity index is 1.95. The topological polar surface area (TPSA) is 32.3 Å². The van der Waals surface area contributed by atoms with Crippen LogP contribution in [0.5, 0.6) is 0 Å². The highest BCUT2D eigenvalue weighted by molar-refractivity contribution is 5.22. The second-order valence-corrected chi connectivity index (χ2v) is 5.38. The average Bonchev–Trinajstić information content (AvgIpc) is 3.15. The summed E-state index contributed by atoms with van der Waals surface area (Å²) < 4.78 is 0. The lowest BCUT2D eigenvalue weighted by atomic mass is 10.0. The highest BCUT2D eigenvalue weighted by Gasteiger charge is 2.31. The molecule has 1 fully saturated rings. The van der Waals surface area contributed by atoms with E-state index in [1.54, 1.807) is 0 Å². The summed E-state index contributed by atoms with van der Waals surface area (Å²) in [6.07, 6.45) is 3.75. The molecule has 0 spiro atoms. The molecule has 0 saturated heterocycles. The van der Waals surface area contributed by atoms with E-state index in [9.17, 15) is 0 Å². The SMILES string of the molecule is Cc1ccc(CC(N[C@H](C)CO)C2CC2)cc1. The Morgan fingerprint density at radius 2 is 1.94 bits per heavy atom. The number of nitrogens with one attached hydrogen (secondary N) is 1. The number of hydrogen-bond donors (Lipinski definition) is 2. The maximum atomic E-state index is 9.13. The highest BCUT2D eigenvalue weighted by atomic mass is 16.3. The van der Waals surface area contributed by atoms with Crippen molar-refractivity contribution in [3.05, 3.63) is 35.4 Å². The Labute approximate surface area is 104 Å². The lowest BCUT2D eigenvalue weighted by Gasteiger charge is -2.22. The molecule has 2 rings (SSSR count). The first-order chi connectivity index (χ1) is 8.19. The van der Waals surface area contributed by atoms with E-state index in [4.69, 9.17) is 5.11 Å². The molecule has 0 aromatic heterocycles. The van der Waals surface area contributed by atoms with E-state index in [-0.39, 0.29) is 12.6 Å². The molecule has 2 N–H and O–H groups in total. The van der Waals surface area contributed by atoms with Gasteiger partial charge in [-0.25, -0.2) is 0 Å². The van der Waals surface area contributed by atoms with Crippen molar-refractivity contribution in [3.63, 3.8) is 0 Å². The predicted molar refractivity (Wildman–Crippen MR) is 71.1 cm³/mol. The minimum atomic E-state index is 0.200. The number of rotatable bonds is 6. The van der Waals surface area contributed by atoms with Crippen molar-refractivity contribution in [2.45, 2.75) is 45.2 Å². The van der Waals surface area contributed by atoms with Crippen LogP contribution in [0.15, 0.2) is 24.3 Å². The van der Waals surface area contributed by atoms with Crippen molar-refractivity contribution in [2.24, 2.45) is 5.92 Å². The summed E-state index contributed by atoms with van der Waals surface area (Å²) in [5.41, 5.74) is 2.71. The number of aliphatic hydroxyl groups excluding tert-OH is 1. The Morgan fingerprint density at radius 1 is 1.29 bits per heavy atom. The molecule has 0 aliphatic heterocycles. The van der Waals surface area contributed by atoms with Crippen molar-refractivity contribution in [3.8, 4) is 0 Å². The molecule has 1 aromatic carbocycles. The van der Waals surface area contributed by atoms with Crippen LogP contribution in [0.1, 0.15) is 30.9 Å². The lowest BCUT2D eigenvalue weighted by molar-refractivity contribution is 0.235. The molecule has 17 heavy (non-hydrogen) atoms. The minimum Gasteiger partial charge on any atom is -0.395 e. The summed E-state index contributed by atoms with van der Waals surface area (Å²) in [5, 5.41) is 12.7. The van der Waals surface area contributed by atoms with Gasteiger partial charge in [-0.05, 0) is 44.6 Å². The van der Waals surface area contributed by atoms with Gasteiger partial charge < -0.3 is 10.4 Å². The zero-order valence-electron chi connectivity index (χ0n) is 10.8. The van der Waals surface area contributed by atoms with Gasteiger partial charge in [0.15, 0.2) is 0 Å². The van der Waals surface area contributed by atoms with Crippen molar-refractivity contribution < 1.29 is 5.11 Å². The summed E-state index contributed by atoms with van der Waals surface area (Å²) in [6.45, 7) is 4.38. The average molecular weight is 233 g/mol. The molecule has 2 nitrogen and oxygen atoms in total. The number of aryl methyl sites for hydroxylation is 1. The molecule has 0 bridgehead atoms. The predicted octanol–water partition coefficient (Wildman–Crippen LogP) is 2.29. The van der Waals surface area contributed by atoms with Gasteiger partial charge in [0.25, 0.3) is 0 Å². The van der Waals surface area contributed by atoms with Crippen LogP contribution in [-0.2, 0) is 6.42 Å². The lowest BCUT2D eigenvalue weighted by Crippen LogP contribution is -2.41. The second kappa shape index (κ2) is 5.65. The number of benzene rings is 1. The summed E-state index contributed by atoms with van der Waals surface area (Å²) in [7, 11) is 0. The van der Waals surface area contributed by atoms with Crippen LogP contribution in [0.4, 0.5) is 0 Å². The third-order valence-electron chi connectivity index (χ3n) is 3.54. The van der Waals surface area contributed by atoms with Crippen LogP contribution >= 0.6 is 0 Å². The molecule has 1 saturated carbocycles. The first kappa shape index (κ1) is 12.6. The molecule has 0 radical (unpaired) electrons. The molecule has 1 unspecified atom stereocenters. The Kier molecular flexibility index (Phi) is 4.19. The smallest absolute Gasteiger partial charge is 0.0582 e. The van der Waals surface area contributed by atoms with E-state index in [2.05, 4.69) is 36.5 Å². The summed E-state index contributed by atoms with van der Waals surface area (Å²) in [4.78, 5) is 0. The zero-order valence-corrected chi connectivity index (χ0v) is 10.8. The fourth-order valence-electron chi connectivity index (χ4n) is 2.26. The third kappa shape index (κ3) is 3.83. The van der Waals surface area contributed by atoms with E-state index in [0.29, 0.717) is 6.04 Å². The van der Waals surface area contributed by atoms with Crippen LogP contribution in [0.25, 0.3) is 0 Å². The van der Waals surface area contributed by atoms with Crippen LogP contribution in [0.3, 0.4) is 0 Å². The fourth-order valence-corrected chi connectivity index (χ4v) is 2.26. The first-order valence-electron chi connectivity index (χ1n) is 6.61. The number of hydrogen-bond acceptors (Lipinski definition) is 2. The van der Waals surface area contributed by atoms with Gasteiger partial charge in [-0.2, -0.15) is 0 Å². The van der Waals surface area contributed by atoms with Gasteiger partial charge in [0.1, 0.15) is 0 Å². The fraction of sp³-hybridized carbons (Fsp3) is 0.600. The van der Waals surface area contributed by atoms with Gasteiger partial charge >= 0.3 is 0 Å². The van der Waals surface area contributed by atoms with Gasteiger partial charge in [0.2, 0.25) is 0 Å². The highest BCUT2D eigenvalue weighted by Crippen LogP contribution is 2.34. The molecule has 94 valence electrons. The summed E-state index contributed by atoms with van der Waals surface area (Å²) >= 11 is 0. The first-order valence-corrected chi connectivity index (χ1v) is 6.61. The third-order valence-corrected chi connectivity index (χ3v) is 3.54. The van der Waals surface area contributed by atoms with E-state index in [1.165, 1.54) is 24.0 Å². The molecule has 2 atom stereocenters. The Morgan fingerprint density at radius 3 is 2.47 bits per heavy atom. The molecule has 1 aliphatic rings. The van der Waals surface area contributed by atoms with Crippen molar-refractivity contribution in [1.29, 1.82) is 0 Å². The van der Waals surface area contributed by atoms with Crippen molar-refractivity contribution >= 4 is 0 Å². The standard InChI is InChI=1S/C15H23NO/c1-11-3-5-13(6-4-11)9-15(14-7-8-14)16-12(2)10-17/h3-6,12,14-17H,7-10H2,1-2H3/t12-,15?/m1/s1.